The molecule has 29 heavy (non-hydrogen) atoms. The molecule has 0 aliphatic heterocycles. The SMILES string of the molecule is CC(C)C[C@@H](CN)CC(=O)OC(C)CCOC(=O)CC1(CN)CCCCC1.Cl.Cl. The lowest BCUT2D eigenvalue weighted by molar-refractivity contribution is -0.152. The van der Waals surface area contributed by atoms with E-state index in [0.717, 1.165) is 32.1 Å². The van der Waals surface area contributed by atoms with Crippen LogP contribution >= 0.6 is 24.8 Å². The number of rotatable bonds is 12. The van der Waals surface area contributed by atoms with E-state index in [1.165, 1.54) is 6.42 Å². The predicted molar refractivity (Wildman–Crippen MR) is 121 cm³/mol. The summed E-state index contributed by atoms with van der Waals surface area (Å²) in [6.45, 7) is 7.35. The first-order valence-corrected chi connectivity index (χ1v) is 10.6. The van der Waals surface area contributed by atoms with E-state index >= 15 is 0 Å². The van der Waals surface area contributed by atoms with Crippen molar-refractivity contribution in [3.05, 3.63) is 0 Å². The molecule has 174 valence electrons. The molecule has 1 aliphatic rings. The van der Waals surface area contributed by atoms with Gasteiger partial charge in [0.1, 0.15) is 6.10 Å². The van der Waals surface area contributed by atoms with Gasteiger partial charge >= 0.3 is 11.9 Å². The van der Waals surface area contributed by atoms with E-state index in [9.17, 15) is 9.59 Å². The molecule has 0 bridgehead atoms. The van der Waals surface area contributed by atoms with Crippen molar-refractivity contribution in [2.75, 3.05) is 19.7 Å². The van der Waals surface area contributed by atoms with Gasteiger partial charge in [-0.05, 0) is 56.5 Å². The van der Waals surface area contributed by atoms with Gasteiger partial charge in [0.2, 0.25) is 0 Å². The molecule has 0 heterocycles. The van der Waals surface area contributed by atoms with E-state index in [0.29, 0.717) is 38.3 Å². The number of hydrogen-bond donors (Lipinski definition) is 2. The van der Waals surface area contributed by atoms with Crippen LogP contribution in [0.1, 0.15) is 78.6 Å². The van der Waals surface area contributed by atoms with Crippen molar-refractivity contribution in [2.24, 2.45) is 28.7 Å². The van der Waals surface area contributed by atoms with Crippen LogP contribution in [0.3, 0.4) is 0 Å². The molecule has 0 aromatic heterocycles. The summed E-state index contributed by atoms with van der Waals surface area (Å²) in [5, 5.41) is 0. The van der Waals surface area contributed by atoms with Crippen molar-refractivity contribution < 1.29 is 19.1 Å². The summed E-state index contributed by atoms with van der Waals surface area (Å²) in [6, 6.07) is 0. The number of hydrogen-bond acceptors (Lipinski definition) is 6. The van der Waals surface area contributed by atoms with E-state index in [4.69, 9.17) is 20.9 Å². The quantitative estimate of drug-likeness (QED) is 0.429. The average molecular weight is 457 g/mol. The highest BCUT2D eigenvalue weighted by Crippen LogP contribution is 2.38. The third-order valence-electron chi connectivity index (χ3n) is 5.58. The minimum absolute atomic E-state index is 0. The van der Waals surface area contributed by atoms with Gasteiger partial charge in [0.25, 0.3) is 0 Å². The Morgan fingerprint density at radius 2 is 1.62 bits per heavy atom. The maximum atomic E-state index is 12.2. The van der Waals surface area contributed by atoms with Crippen LogP contribution < -0.4 is 11.5 Å². The molecule has 0 radical (unpaired) electrons. The summed E-state index contributed by atoms with van der Waals surface area (Å²) < 4.78 is 10.8. The Labute approximate surface area is 189 Å². The lowest BCUT2D eigenvalue weighted by Gasteiger charge is -2.35. The predicted octanol–water partition coefficient (Wildman–Crippen LogP) is 4.01. The standard InChI is InChI=1S/C21H40N2O4.2ClH/c1-16(2)11-18(14-22)12-19(24)27-17(3)7-10-26-20(25)13-21(15-23)8-5-4-6-9-21;;/h16-18H,4-15,22-23H2,1-3H3;2*1H/t17?,18-;;/m1../s1. The zero-order valence-corrected chi connectivity index (χ0v) is 20.0. The van der Waals surface area contributed by atoms with E-state index in [1.807, 2.05) is 6.92 Å². The summed E-state index contributed by atoms with van der Waals surface area (Å²) >= 11 is 0. The minimum atomic E-state index is -0.277. The van der Waals surface area contributed by atoms with Gasteiger partial charge in [-0.15, -0.1) is 24.8 Å². The largest absolute Gasteiger partial charge is 0.466 e. The van der Waals surface area contributed by atoms with Crippen LogP contribution in [-0.2, 0) is 19.1 Å². The van der Waals surface area contributed by atoms with Crippen molar-refractivity contribution in [3.8, 4) is 0 Å². The molecule has 6 nitrogen and oxygen atoms in total. The molecule has 0 saturated heterocycles. The lowest BCUT2D eigenvalue weighted by Crippen LogP contribution is -2.35. The van der Waals surface area contributed by atoms with Gasteiger partial charge in [-0.25, -0.2) is 0 Å². The maximum absolute atomic E-state index is 12.2. The molecule has 1 rings (SSSR count). The molecule has 1 aliphatic carbocycles. The molecule has 0 aromatic carbocycles. The first-order chi connectivity index (χ1) is 12.8. The third kappa shape index (κ3) is 12.7. The summed E-state index contributed by atoms with van der Waals surface area (Å²) in [5.41, 5.74) is 11.6. The number of carbonyl (C=O) groups excluding carboxylic acids is 2. The van der Waals surface area contributed by atoms with E-state index in [-0.39, 0.29) is 60.8 Å². The van der Waals surface area contributed by atoms with Crippen molar-refractivity contribution in [3.63, 3.8) is 0 Å². The van der Waals surface area contributed by atoms with Crippen molar-refractivity contribution in [1.82, 2.24) is 0 Å². The minimum Gasteiger partial charge on any atom is -0.466 e. The second-order valence-electron chi connectivity index (χ2n) is 8.69. The monoisotopic (exact) mass is 456 g/mol. The number of esters is 2. The molecular formula is C21H42Cl2N2O4. The fraction of sp³-hybridized carbons (Fsp3) is 0.905. The van der Waals surface area contributed by atoms with E-state index in [2.05, 4.69) is 13.8 Å². The topological polar surface area (TPSA) is 105 Å². The summed E-state index contributed by atoms with van der Waals surface area (Å²) in [5.74, 6) is 0.241. The number of nitrogens with two attached hydrogens (primary N) is 2. The Bertz CT molecular complexity index is 458. The zero-order valence-electron chi connectivity index (χ0n) is 18.3. The van der Waals surface area contributed by atoms with Crippen LogP contribution in [-0.4, -0.2) is 37.7 Å². The fourth-order valence-electron chi connectivity index (χ4n) is 3.95. The van der Waals surface area contributed by atoms with Crippen LogP contribution in [0.25, 0.3) is 0 Å². The second-order valence-corrected chi connectivity index (χ2v) is 8.69. The Hall–Kier alpha value is -0.560. The molecule has 1 saturated carbocycles. The Morgan fingerprint density at radius 3 is 2.14 bits per heavy atom. The van der Waals surface area contributed by atoms with Gasteiger partial charge < -0.3 is 20.9 Å². The second kappa shape index (κ2) is 16.2. The normalized spacial score (nSPS) is 17.4. The molecular weight excluding hydrogens is 415 g/mol. The molecule has 1 unspecified atom stereocenters. The van der Waals surface area contributed by atoms with Crippen molar-refractivity contribution in [2.45, 2.75) is 84.7 Å². The Kier molecular flexibility index (Phi) is 17.1. The summed E-state index contributed by atoms with van der Waals surface area (Å²) in [6.07, 6.45) is 7.39. The zero-order chi connectivity index (χ0) is 20.3. The third-order valence-corrected chi connectivity index (χ3v) is 5.58. The Balaban J connectivity index is 0. The van der Waals surface area contributed by atoms with Crippen LogP contribution in [0.2, 0.25) is 0 Å². The van der Waals surface area contributed by atoms with Gasteiger partial charge in [0, 0.05) is 12.8 Å². The average Bonchev–Trinajstić information content (AvgIpc) is 2.61. The number of ether oxygens (including phenoxy) is 2. The summed E-state index contributed by atoms with van der Waals surface area (Å²) in [4.78, 5) is 24.2. The van der Waals surface area contributed by atoms with Crippen molar-refractivity contribution >= 4 is 36.8 Å². The highest BCUT2D eigenvalue weighted by atomic mass is 35.5. The molecule has 4 N–H and O–H groups in total. The lowest BCUT2D eigenvalue weighted by atomic mass is 9.72. The number of carbonyl (C=O) groups is 2. The summed E-state index contributed by atoms with van der Waals surface area (Å²) in [7, 11) is 0. The first-order valence-electron chi connectivity index (χ1n) is 10.6. The van der Waals surface area contributed by atoms with Crippen LogP contribution in [0.4, 0.5) is 0 Å². The van der Waals surface area contributed by atoms with Gasteiger partial charge in [-0.1, -0.05) is 33.1 Å². The molecule has 0 spiro atoms. The first kappa shape index (κ1) is 30.6. The highest BCUT2D eigenvalue weighted by Gasteiger charge is 2.33. The fourth-order valence-corrected chi connectivity index (χ4v) is 3.95. The Morgan fingerprint density at radius 1 is 1.00 bits per heavy atom. The molecule has 0 aromatic rings. The molecule has 0 amide bonds. The van der Waals surface area contributed by atoms with Gasteiger partial charge in [0.15, 0.2) is 0 Å². The molecule has 8 heteroatoms. The van der Waals surface area contributed by atoms with Gasteiger partial charge in [-0.3, -0.25) is 9.59 Å². The van der Waals surface area contributed by atoms with Crippen LogP contribution in [0, 0.1) is 17.3 Å². The number of halogens is 2. The van der Waals surface area contributed by atoms with Crippen LogP contribution in [0.5, 0.6) is 0 Å². The smallest absolute Gasteiger partial charge is 0.306 e. The van der Waals surface area contributed by atoms with Gasteiger partial charge in [0.05, 0.1) is 13.0 Å². The van der Waals surface area contributed by atoms with Crippen molar-refractivity contribution in [1.29, 1.82) is 0 Å². The maximum Gasteiger partial charge on any atom is 0.306 e. The molecule has 2 atom stereocenters. The van der Waals surface area contributed by atoms with E-state index < -0.39 is 0 Å². The van der Waals surface area contributed by atoms with Gasteiger partial charge in [-0.2, -0.15) is 0 Å². The highest BCUT2D eigenvalue weighted by molar-refractivity contribution is 5.85. The molecule has 1 fully saturated rings. The van der Waals surface area contributed by atoms with E-state index in [1.54, 1.807) is 0 Å². The van der Waals surface area contributed by atoms with Crippen LogP contribution in [0.15, 0.2) is 0 Å².